The quantitative estimate of drug-likeness (QED) is 0.272. The van der Waals surface area contributed by atoms with Gasteiger partial charge in [0, 0.05) is 24.8 Å². The van der Waals surface area contributed by atoms with Crippen molar-refractivity contribution in [3.05, 3.63) is 77.8 Å². The number of aliphatic carboxylic acids is 1. The Hall–Kier alpha value is -4.32. The Balaban J connectivity index is 2.10. The van der Waals surface area contributed by atoms with Gasteiger partial charge < -0.3 is 29.7 Å². The summed E-state index contributed by atoms with van der Waals surface area (Å²) in [6, 6.07) is 10.1. The highest BCUT2D eigenvalue weighted by atomic mass is 19.1. The molecule has 0 radical (unpaired) electrons. The smallest absolute Gasteiger partial charge is 0.408 e. The van der Waals surface area contributed by atoms with Gasteiger partial charge in [-0.3, -0.25) is 4.79 Å². The molecule has 0 aliphatic rings. The lowest BCUT2D eigenvalue weighted by atomic mass is 9.84. The summed E-state index contributed by atoms with van der Waals surface area (Å²) in [6.07, 6.45) is 0.417. The van der Waals surface area contributed by atoms with E-state index >= 15 is 0 Å². The Morgan fingerprint density at radius 1 is 1.05 bits per heavy atom. The SMILES string of the molecule is CC(C)(C)OC(=O)NC(CCN(C(=O)CO)C(c1nc(-c2cc(F)ccc2F)cn1Cc1ccccc1)C(C)(C)C)C(=O)O. The number of carbonyl (C=O) groups is 3. The van der Waals surface area contributed by atoms with E-state index in [0.717, 1.165) is 23.8 Å². The number of nitrogens with one attached hydrogen (secondary N) is 1. The average Bonchev–Trinajstić information content (AvgIpc) is 3.32. The van der Waals surface area contributed by atoms with Gasteiger partial charge in [-0.1, -0.05) is 51.1 Å². The summed E-state index contributed by atoms with van der Waals surface area (Å²) >= 11 is 0. The molecule has 238 valence electrons. The van der Waals surface area contributed by atoms with E-state index < -0.39 is 59.3 Å². The predicted molar refractivity (Wildman–Crippen MR) is 160 cm³/mol. The highest BCUT2D eigenvalue weighted by Crippen LogP contribution is 2.39. The van der Waals surface area contributed by atoms with Gasteiger partial charge in [0.25, 0.3) is 0 Å². The second-order valence-corrected chi connectivity index (χ2v) is 12.6. The number of carbonyl (C=O) groups excluding carboxylic acids is 2. The van der Waals surface area contributed by atoms with Crippen LogP contribution in [0.2, 0.25) is 0 Å². The minimum atomic E-state index is -1.42. The van der Waals surface area contributed by atoms with E-state index in [1.165, 1.54) is 4.90 Å². The number of alkyl carbamates (subject to hydrolysis) is 1. The highest BCUT2D eigenvalue weighted by molar-refractivity contribution is 5.80. The number of aromatic nitrogens is 2. The van der Waals surface area contributed by atoms with Gasteiger partial charge in [0.15, 0.2) is 0 Å². The van der Waals surface area contributed by atoms with Crippen molar-refractivity contribution in [3.8, 4) is 11.3 Å². The van der Waals surface area contributed by atoms with Crippen LogP contribution >= 0.6 is 0 Å². The maximum Gasteiger partial charge on any atom is 0.408 e. The topological polar surface area (TPSA) is 134 Å². The second-order valence-electron chi connectivity index (χ2n) is 12.6. The van der Waals surface area contributed by atoms with Crippen molar-refractivity contribution in [2.24, 2.45) is 5.41 Å². The maximum atomic E-state index is 14.9. The van der Waals surface area contributed by atoms with Gasteiger partial charge in [0.1, 0.15) is 35.7 Å². The first-order chi connectivity index (χ1) is 20.5. The predicted octanol–water partition coefficient (Wildman–Crippen LogP) is 5.15. The molecular formula is C32H40F2N4O6. The number of benzene rings is 2. The molecule has 0 saturated carbocycles. The summed E-state index contributed by atoms with van der Waals surface area (Å²) in [7, 11) is 0. The number of amides is 2. The van der Waals surface area contributed by atoms with Crippen LogP contribution in [-0.2, 0) is 20.9 Å². The summed E-state index contributed by atoms with van der Waals surface area (Å²) in [5, 5.41) is 22.1. The van der Waals surface area contributed by atoms with E-state index in [4.69, 9.17) is 9.72 Å². The third kappa shape index (κ3) is 9.09. The summed E-state index contributed by atoms with van der Waals surface area (Å²) in [6.45, 7) is 9.63. The minimum absolute atomic E-state index is 0.0711. The molecule has 3 aromatic rings. The van der Waals surface area contributed by atoms with Crippen LogP contribution < -0.4 is 5.32 Å². The van der Waals surface area contributed by atoms with Gasteiger partial charge in [0.05, 0.1) is 11.7 Å². The number of hydrogen-bond donors (Lipinski definition) is 3. The zero-order valence-electron chi connectivity index (χ0n) is 25.8. The number of ether oxygens (including phenoxy) is 1. The molecule has 0 fully saturated rings. The lowest BCUT2D eigenvalue weighted by Gasteiger charge is -2.40. The van der Waals surface area contributed by atoms with E-state index in [0.29, 0.717) is 5.82 Å². The number of aliphatic hydroxyl groups excluding tert-OH is 1. The van der Waals surface area contributed by atoms with Gasteiger partial charge in [-0.2, -0.15) is 0 Å². The summed E-state index contributed by atoms with van der Waals surface area (Å²) in [5.74, 6) is -3.07. The van der Waals surface area contributed by atoms with Gasteiger partial charge >= 0.3 is 12.1 Å². The molecule has 0 spiro atoms. The van der Waals surface area contributed by atoms with Crippen LogP contribution in [0.15, 0.2) is 54.7 Å². The Bertz CT molecular complexity index is 1460. The van der Waals surface area contributed by atoms with Gasteiger partial charge in [-0.05, 0) is 56.4 Å². The van der Waals surface area contributed by atoms with Crippen molar-refractivity contribution in [2.45, 2.75) is 72.2 Å². The van der Waals surface area contributed by atoms with Crippen molar-refractivity contribution in [3.63, 3.8) is 0 Å². The molecule has 10 nitrogen and oxygen atoms in total. The van der Waals surface area contributed by atoms with Crippen LogP contribution in [0.5, 0.6) is 0 Å². The highest BCUT2D eigenvalue weighted by Gasteiger charge is 2.39. The van der Waals surface area contributed by atoms with Gasteiger partial charge in [-0.25, -0.2) is 23.4 Å². The number of hydrogen-bond acceptors (Lipinski definition) is 6. The molecular weight excluding hydrogens is 574 g/mol. The lowest BCUT2D eigenvalue weighted by Crippen LogP contribution is -2.48. The fraction of sp³-hybridized carbons (Fsp3) is 0.438. The monoisotopic (exact) mass is 614 g/mol. The third-order valence-corrected chi connectivity index (χ3v) is 6.69. The normalized spacial score (nSPS) is 13.2. The van der Waals surface area contributed by atoms with Crippen LogP contribution in [0, 0.1) is 17.0 Å². The number of nitrogens with zero attached hydrogens (tertiary/aromatic N) is 3. The van der Waals surface area contributed by atoms with Crippen molar-refractivity contribution < 1.29 is 38.1 Å². The molecule has 0 aliphatic carbocycles. The molecule has 1 aromatic heterocycles. The molecule has 2 unspecified atom stereocenters. The molecule has 12 heteroatoms. The maximum absolute atomic E-state index is 14.9. The molecule has 2 aromatic carbocycles. The Labute approximate surface area is 255 Å². The van der Waals surface area contributed by atoms with Crippen LogP contribution in [0.4, 0.5) is 13.6 Å². The third-order valence-electron chi connectivity index (χ3n) is 6.69. The number of carboxylic acids is 1. The number of carboxylic acid groups (broad SMARTS) is 1. The molecule has 0 saturated heterocycles. The van der Waals surface area contributed by atoms with Crippen molar-refractivity contribution in [1.29, 1.82) is 0 Å². The molecule has 0 aliphatic heterocycles. The van der Waals surface area contributed by atoms with E-state index in [1.54, 1.807) is 31.5 Å². The van der Waals surface area contributed by atoms with Crippen molar-refractivity contribution >= 4 is 18.0 Å². The standard InChI is InChI=1S/C32H40F2N4O6/c1-31(2,3)27(38(26(40)19-39)15-14-24(29(41)42)36-30(43)44-32(4,5)6)28-35-25(22-16-21(33)12-13-23(22)34)18-37(28)17-20-10-8-7-9-11-20/h7-13,16,18,24,27,39H,14-15,17,19H2,1-6H3,(H,36,43)(H,41,42). The van der Waals surface area contributed by atoms with Gasteiger partial charge in [-0.15, -0.1) is 0 Å². The molecule has 2 atom stereocenters. The van der Waals surface area contributed by atoms with Crippen molar-refractivity contribution in [1.82, 2.24) is 19.8 Å². The van der Waals surface area contributed by atoms with Crippen LogP contribution in [0.3, 0.4) is 0 Å². The molecule has 2 amide bonds. The fourth-order valence-electron chi connectivity index (χ4n) is 4.84. The van der Waals surface area contributed by atoms with Crippen LogP contribution in [0.25, 0.3) is 11.3 Å². The molecule has 3 rings (SSSR count). The van der Waals surface area contributed by atoms with E-state index in [-0.39, 0.29) is 30.8 Å². The first-order valence-corrected chi connectivity index (χ1v) is 14.2. The Kier molecular flexibility index (Phi) is 10.9. The minimum Gasteiger partial charge on any atom is -0.480 e. The average molecular weight is 615 g/mol. The van der Waals surface area contributed by atoms with Crippen LogP contribution in [0.1, 0.15) is 65.4 Å². The van der Waals surface area contributed by atoms with E-state index in [2.05, 4.69) is 5.32 Å². The Morgan fingerprint density at radius 2 is 1.70 bits per heavy atom. The van der Waals surface area contributed by atoms with E-state index in [1.807, 2.05) is 51.1 Å². The van der Waals surface area contributed by atoms with Gasteiger partial charge in [0.2, 0.25) is 5.91 Å². The fourth-order valence-corrected chi connectivity index (χ4v) is 4.84. The zero-order valence-corrected chi connectivity index (χ0v) is 25.8. The second kappa shape index (κ2) is 14.0. The molecule has 0 bridgehead atoms. The molecule has 44 heavy (non-hydrogen) atoms. The number of aliphatic hydroxyl groups is 1. The largest absolute Gasteiger partial charge is 0.480 e. The molecule has 3 N–H and O–H groups in total. The Morgan fingerprint density at radius 3 is 2.27 bits per heavy atom. The first-order valence-electron chi connectivity index (χ1n) is 14.2. The number of halogens is 2. The summed E-state index contributed by atoms with van der Waals surface area (Å²) in [5.41, 5.74) is -0.679. The lowest BCUT2D eigenvalue weighted by molar-refractivity contribution is -0.143. The van der Waals surface area contributed by atoms with E-state index in [9.17, 15) is 33.4 Å². The molecule has 1 heterocycles. The number of rotatable bonds is 11. The van der Waals surface area contributed by atoms with Crippen molar-refractivity contribution in [2.75, 3.05) is 13.2 Å². The number of imidazole rings is 1. The van der Waals surface area contributed by atoms with Crippen LogP contribution in [-0.4, -0.2) is 67.4 Å². The first kappa shape index (κ1) is 34.2. The summed E-state index contributed by atoms with van der Waals surface area (Å²) in [4.78, 5) is 43.7. The zero-order chi connectivity index (χ0) is 32.8. The summed E-state index contributed by atoms with van der Waals surface area (Å²) < 4.78 is 36.0.